The average Bonchev–Trinajstić information content (AvgIpc) is 2.92. The van der Waals surface area contributed by atoms with Crippen molar-refractivity contribution >= 4 is 28.7 Å². The van der Waals surface area contributed by atoms with Crippen molar-refractivity contribution < 1.29 is 4.79 Å². The molecule has 0 saturated carbocycles. The van der Waals surface area contributed by atoms with E-state index in [4.69, 9.17) is 0 Å². The molecule has 0 unspecified atom stereocenters. The number of carbonyl (C=O) groups excluding carboxylic acids is 1. The Bertz CT molecular complexity index is 590. The van der Waals surface area contributed by atoms with Crippen LogP contribution in [0.3, 0.4) is 0 Å². The monoisotopic (exact) mass is 289 g/mol. The van der Waals surface area contributed by atoms with Crippen molar-refractivity contribution in [3.63, 3.8) is 0 Å². The molecule has 20 heavy (non-hydrogen) atoms. The number of aromatic nitrogens is 1. The van der Waals surface area contributed by atoms with Gasteiger partial charge in [0.1, 0.15) is 0 Å². The molecule has 5 heteroatoms. The predicted molar refractivity (Wildman–Crippen MR) is 84.3 cm³/mol. The molecule has 4 nitrogen and oxygen atoms in total. The Hall–Kier alpha value is -1.62. The smallest absolute Gasteiger partial charge is 0.317 e. The highest BCUT2D eigenvalue weighted by Gasteiger charge is 2.15. The standard InChI is InChI=1S/C15H19N3OS/c19-15(18-7-9-20-10-8-18)16-6-5-12-11-17-14-4-2-1-3-13(12)14/h1-4,11,17H,5-10H2,(H,16,19). The van der Waals surface area contributed by atoms with E-state index in [1.54, 1.807) is 0 Å². The number of para-hydroxylation sites is 1. The fraction of sp³-hybridized carbons (Fsp3) is 0.400. The molecule has 1 saturated heterocycles. The van der Waals surface area contributed by atoms with Gasteiger partial charge in [0.15, 0.2) is 0 Å². The van der Waals surface area contributed by atoms with Gasteiger partial charge in [-0.2, -0.15) is 11.8 Å². The van der Waals surface area contributed by atoms with E-state index < -0.39 is 0 Å². The van der Waals surface area contributed by atoms with Gasteiger partial charge < -0.3 is 15.2 Å². The highest BCUT2D eigenvalue weighted by atomic mass is 32.2. The van der Waals surface area contributed by atoms with Gasteiger partial charge in [-0.1, -0.05) is 18.2 Å². The SMILES string of the molecule is O=C(NCCc1c[nH]c2ccccc12)N1CCSCC1. The second-order valence-electron chi connectivity index (χ2n) is 4.94. The number of urea groups is 1. The Balaban J connectivity index is 1.53. The number of carbonyl (C=O) groups is 1. The quantitative estimate of drug-likeness (QED) is 0.912. The summed E-state index contributed by atoms with van der Waals surface area (Å²) in [7, 11) is 0. The number of rotatable bonds is 3. The number of fused-ring (bicyclic) bond motifs is 1. The normalized spacial score (nSPS) is 15.5. The molecular weight excluding hydrogens is 270 g/mol. The largest absolute Gasteiger partial charge is 0.361 e. The van der Waals surface area contributed by atoms with E-state index in [9.17, 15) is 4.79 Å². The van der Waals surface area contributed by atoms with Crippen LogP contribution in [-0.4, -0.2) is 47.1 Å². The van der Waals surface area contributed by atoms with Crippen LogP contribution in [0.1, 0.15) is 5.56 Å². The molecule has 1 aromatic heterocycles. The summed E-state index contributed by atoms with van der Waals surface area (Å²) in [4.78, 5) is 17.2. The van der Waals surface area contributed by atoms with Gasteiger partial charge in [0.05, 0.1) is 0 Å². The second-order valence-corrected chi connectivity index (χ2v) is 6.17. The van der Waals surface area contributed by atoms with Crippen molar-refractivity contribution in [2.24, 2.45) is 0 Å². The van der Waals surface area contributed by atoms with Crippen molar-refractivity contribution in [2.75, 3.05) is 31.1 Å². The lowest BCUT2D eigenvalue weighted by Crippen LogP contribution is -2.44. The first-order chi connectivity index (χ1) is 9.84. The summed E-state index contributed by atoms with van der Waals surface area (Å²) < 4.78 is 0. The number of hydrogen-bond donors (Lipinski definition) is 2. The van der Waals surface area contributed by atoms with Gasteiger partial charge in [-0.3, -0.25) is 0 Å². The zero-order valence-electron chi connectivity index (χ0n) is 11.4. The Morgan fingerprint density at radius 3 is 2.95 bits per heavy atom. The number of aromatic amines is 1. The summed E-state index contributed by atoms with van der Waals surface area (Å²) in [5.74, 6) is 2.10. The summed E-state index contributed by atoms with van der Waals surface area (Å²) in [6, 6.07) is 8.33. The van der Waals surface area contributed by atoms with Crippen LogP contribution in [0.25, 0.3) is 10.9 Å². The van der Waals surface area contributed by atoms with E-state index in [1.165, 1.54) is 10.9 Å². The van der Waals surface area contributed by atoms with Gasteiger partial charge in [-0.15, -0.1) is 0 Å². The zero-order valence-corrected chi connectivity index (χ0v) is 12.2. The maximum atomic E-state index is 12.0. The number of nitrogens with zero attached hydrogens (tertiary/aromatic N) is 1. The summed E-state index contributed by atoms with van der Waals surface area (Å²) in [6.07, 6.45) is 2.90. The molecule has 2 aromatic rings. The average molecular weight is 289 g/mol. The summed E-state index contributed by atoms with van der Waals surface area (Å²) in [6.45, 7) is 2.41. The van der Waals surface area contributed by atoms with Crippen molar-refractivity contribution in [1.82, 2.24) is 15.2 Å². The van der Waals surface area contributed by atoms with Crippen LogP contribution in [-0.2, 0) is 6.42 Å². The molecule has 0 radical (unpaired) electrons. The van der Waals surface area contributed by atoms with Crippen LogP contribution in [0.5, 0.6) is 0 Å². The lowest BCUT2D eigenvalue weighted by atomic mass is 10.1. The maximum Gasteiger partial charge on any atom is 0.317 e. The molecule has 106 valence electrons. The van der Waals surface area contributed by atoms with Gasteiger partial charge in [0, 0.05) is 48.2 Å². The number of amides is 2. The van der Waals surface area contributed by atoms with Gasteiger partial charge >= 0.3 is 6.03 Å². The van der Waals surface area contributed by atoms with E-state index in [0.717, 1.165) is 36.5 Å². The molecule has 0 aliphatic carbocycles. The predicted octanol–water partition coefficient (Wildman–Crippen LogP) is 2.47. The lowest BCUT2D eigenvalue weighted by Gasteiger charge is -2.26. The van der Waals surface area contributed by atoms with E-state index in [2.05, 4.69) is 22.4 Å². The summed E-state index contributed by atoms with van der Waals surface area (Å²) in [5, 5.41) is 4.27. The summed E-state index contributed by atoms with van der Waals surface area (Å²) >= 11 is 1.91. The molecule has 0 atom stereocenters. The minimum atomic E-state index is 0.0742. The van der Waals surface area contributed by atoms with Gasteiger partial charge in [0.25, 0.3) is 0 Å². The van der Waals surface area contributed by atoms with Crippen LogP contribution in [0, 0.1) is 0 Å². The van der Waals surface area contributed by atoms with Crippen LogP contribution < -0.4 is 5.32 Å². The molecule has 1 aromatic carbocycles. The fourth-order valence-corrected chi connectivity index (χ4v) is 3.42. The number of hydrogen-bond acceptors (Lipinski definition) is 2. The highest BCUT2D eigenvalue weighted by Crippen LogP contribution is 2.17. The van der Waals surface area contributed by atoms with Crippen molar-refractivity contribution in [3.05, 3.63) is 36.0 Å². The van der Waals surface area contributed by atoms with E-state index in [1.807, 2.05) is 35.0 Å². The highest BCUT2D eigenvalue weighted by molar-refractivity contribution is 7.99. The zero-order chi connectivity index (χ0) is 13.8. The van der Waals surface area contributed by atoms with Crippen molar-refractivity contribution in [1.29, 1.82) is 0 Å². The maximum absolute atomic E-state index is 12.0. The number of thioether (sulfide) groups is 1. The Kier molecular flexibility index (Phi) is 4.16. The van der Waals surface area contributed by atoms with Crippen LogP contribution in [0.4, 0.5) is 4.79 Å². The lowest BCUT2D eigenvalue weighted by molar-refractivity contribution is 0.203. The molecule has 1 aliphatic heterocycles. The third kappa shape index (κ3) is 2.93. The first kappa shape index (κ1) is 13.4. The minimum Gasteiger partial charge on any atom is -0.361 e. The van der Waals surface area contributed by atoms with Gasteiger partial charge in [-0.25, -0.2) is 4.79 Å². The summed E-state index contributed by atoms with van der Waals surface area (Å²) in [5.41, 5.74) is 2.41. The number of benzene rings is 1. The van der Waals surface area contributed by atoms with Crippen LogP contribution >= 0.6 is 11.8 Å². The fourth-order valence-electron chi connectivity index (χ4n) is 2.52. The van der Waals surface area contributed by atoms with Crippen molar-refractivity contribution in [2.45, 2.75) is 6.42 Å². The molecular formula is C15H19N3OS. The Morgan fingerprint density at radius 2 is 2.10 bits per heavy atom. The molecule has 2 heterocycles. The third-order valence-electron chi connectivity index (χ3n) is 3.64. The van der Waals surface area contributed by atoms with Crippen LogP contribution in [0.15, 0.2) is 30.5 Å². The first-order valence-corrected chi connectivity index (χ1v) is 8.15. The van der Waals surface area contributed by atoms with E-state index >= 15 is 0 Å². The van der Waals surface area contributed by atoms with E-state index in [0.29, 0.717) is 6.54 Å². The third-order valence-corrected chi connectivity index (χ3v) is 4.59. The van der Waals surface area contributed by atoms with Gasteiger partial charge in [0.2, 0.25) is 0 Å². The van der Waals surface area contributed by atoms with Gasteiger partial charge in [-0.05, 0) is 18.1 Å². The van der Waals surface area contributed by atoms with Crippen LogP contribution in [0.2, 0.25) is 0 Å². The first-order valence-electron chi connectivity index (χ1n) is 7.00. The van der Waals surface area contributed by atoms with Crippen molar-refractivity contribution in [3.8, 4) is 0 Å². The molecule has 2 N–H and O–H groups in total. The molecule has 3 rings (SSSR count). The molecule has 0 spiro atoms. The minimum absolute atomic E-state index is 0.0742. The topological polar surface area (TPSA) is 48.1 Å². The molecule has 1 aliphatic rings. The number of nitrogens with one attached hydrogen (secondary N) is 2. The molecule has 0 bridgehead atoms. The molecule has 1 fully saturated rings. The number of H-pyrrole nitrogens is 1. The Labute approximate surface area is 122 Å². The Morgan fingerprint density at radius 1 is 1.30 bits per heavy atom. The second kappa shape index (κ2) is 6.22. The molecule has 2 amide bonds. The van der Waals surface area contributed by atoms with E-state index in [-0.39, 0.29) is 6.03 Å².